The lowest BCUT2D eigenvalue weighted by molar-refractivity contribution is 0.490. The van der Waals surface area contributed by atoms with Gasteiger partial charge in [0.15, 0.2) is 0 Å². The molecular weight excluding hydrogens is 172 g/mol. The van der Waals surface area contributed by atoms with E-state index < -0.39 is 0 Å². The van der Waals surface area contributed by atoms with Gasteiger partial charge in [-0.3, -0.25) is 4.98 Å². The van der Waals surface area contributed by atoms with Gasteiger partial charge in [-0.15, -0.1) is 0 Å². The van der Waals surface area contributed by atoms with E-state index in [2.05, 4.69) is 18.8 Å². The number of hydrogen-bond donors (Lipinski definition) is 1. The highest BCUT2D eigenvalue weighted by atomic mass is 14.7. The summed E-state index contributed by atoms with van der Waals surface area (Å²) in [6.07, 6.45) is 1.95. The van der Waals surface area contributed by atoms with Crippen molar-refractivity contribution in [3.8, 4) is 0 Å². The predicted molar refractivity (Wildman–Crippen MR) is 60.1 cm³/mol. The minimum absolute atomic E-state index is 0.240. The molecule has 0 fully saturated rings. The van der Waals surface area contributed by atoms with Gasteiger partial charge in [-0.25, -0.2) is 0 Å². The molecule has 0 saturated carbocycles. The maximum atomic E-state index is 6.02. The topological polar surface area (TPSA) is 38.9 Å². The zero-order valence-electron chi connectivity index (χ0n) is 9.33. The number of pyridine rings is 1. The van der Waals surface area contributed by atoms with E-state index in [-0.39, 0.29) is 6.04 Å². The van der Waals surface area contributed by atoms with E-state index in [0.717, 1.165) is 24.2 Å². The van der Waals surface area contributed by atoms with Crippen LogP contribution in [0.15, 0.2) is 18.2 Å². The van der Waals surface area contributed by atoms with Crippen molar-refractivity contribution < 1.29 is 0 Å². The Hall–Kier alpha value is -0.890. The highest BCUT2D eigenvalue weighted by Crippen LogP contribution is 2.08. The summed E-state index contributed by atoms with van der Waals surface area (Å²) in [5, 5.41) is 0. The summed E-state index contributed by atoms with van der Waals surface area (Å²) in [6, 6.07) is 6.34. The third-order valence-corrected chi connectivity index (χ3v) is 2.19. The molecular formula is C12H20N2. The average Bonchev–Trinajstić information content (AvgIpc) is 2.01. The summed E-state index contributed by atoms with van der Waals surface area (Å²) in [6.45, 7) is 6.41. The van der Waals surface area contributed by atoms with Crippen LogP contribution < -0.4 is 5.73 Å². The highest BCUT2D eigenvalue weighted by Gasteiger charge is 2.07. The molecule has 1 rings (SSSR count). The van der Waals surface area contributed by atoms with E-state index in [1.165, 1.54) is 0 Å². The second-order valence-electron chi connectivity index (χ2n) is 4.36. The Labute approximate surface area is 86.5 Å². The van der Waals surface area contributed by atoms with Crippen LogP contribution in [0.3, 0.4) is 0 Å². The summed E-state index contributed by atoms with van der Waals surface area (Å²) in [5.41, 5.74) is 8.19. The Morgan fingerprint density at radius 1 is 1.36 bits per heavy atom. The Balaban J connectivity index is 2.51. The van der Waals surface area contributed by atoms with Crippen LogP contribution in [0.25, 0.3) is 0 Å². The van der Waals surface area contributed by atoms with Gasteiger partial charge in [-0.1, -0.05) is 19.9 Å². The fourth-order valence-corrected chi connectivity index (χ4v) is 1.67. The second kappa shape index (κ2) is 5.11. The lowest BCUT2D eigenvalue weighted by Crippen LogP contribution is -2.25. The molecule has 0 aromatic carbocycles. The summed E-state index contributed by atoms with van der Waals surface area (Å²) in [7, 11) is 0. The molecule has 14 heavy (non-hydrogen) atoms. The van der Waals surface area contributed by atoms with Crippen molar-refractivity contribution in [2.75, 3.05) is 0 Å². The molecule has 1 atom stereocenters. The van der Waals surface area contributed by atoms with Crippen molar-refractivity contribution in [2.24, 2.45) is 11.7 Å². The van der Waals surface area contributed by atoms with Crippen LogP contribution >= 0.6 is 0 Å². The van der Waals surface area contributed by atoms with Gasteiger partial charge >= 0.3 is 0 Å². The molecule has 0 aliphatic carbocycles. The van der Waals surface area contributed by atoms with Crippen molar-refractivity contribution in [1.29, 1.82) is 0 Å². The van der Waals surface area contributed by atoms with E-state index in [9.17, 15) is 0 Å². The molecule has 0 bridgehead atoms. The Morgan fingerprint density at radius 3 is 2.64 bits per heavy atom. The first kappa shape index (κ1) is 11.2. The largest absolute Gasteiger partial charge is 0.327 e. The van der Waals surface area contributed by atoms with Gasteiger partial charge in [-0.05, 0) is 31.4 Å². The lowest BCUT2D eigenvalue weighted by atomic mass is 10.0. The minimum Gasteiger partial charge on any atom is -0.327 e. The maximum absolute atomic E-state index is 6.02. The van der Waals surface area contributed by atoms with Gasteiger partial charge in [0.25, 0.3) is 0 Å². The monoisotopic (exact) mass is 192 g/mol. The van der Waals surface area contributed by atoms with Gasteiger partial charge in [0, 0.05) is 23.9 Å². The number of rotatable bonds is 4. The number of aryl methyl sites for hydroxylation is 1. The highest BCUT2D eigenvalue weighted by molar-refractivity contribution is 5.10. The van der Waals surface area contributed by atoms with Crippen LogP contribution in [0, 0.1) is 12.8 Å². The van der Waals surface area contributed by atoms with Crippen LogP contribution in [0.5, 0.6) is 0 Å². The molecule has 1 unspecified atom stereocenters. The summed E-state index contributed by atoms with van der Waals surface area (Å²) < 4.78 is 0. The first-order valence-electron chi connectivity index (χ1n) is 5.26. The molecule has 78 valence electrons. The number of nitrogens with zero attached hydrogens (tertiary/aromatic N) is 1. The zero-order chi connectivity index (χ0) is 10.6. The van der Waals surface area contributed by atoms with Crippen LogP contribution in [-0.2, 0) is 6.42 Å². The molecule has 0 amide bonds. The molecule has 2 nitrogen and oxygen atoms in total. The molecule has 0 spiro atoms. The lowest BCUT2D eigenvalue weighted by Gasteiger charge is -2.13. The number of hydrogen-bond acceptors (Lipinski definition) is 2. The van der Waals surface area contributed by atoms with Crippen LogP contribution in [0.4, 0.5) is 0 Å². The van der Waals surface area contributed by atoms with Gasteiger partial charge in [0.05, 0.1) is 0 Å². The normalized spacial score (nSPS) is 13.2. The Kier molecular flexibility index (Phi) is 4.08. The Bertz CT molecular complexity index is 281. The van der Waals surface area contributed by atoms with Gasteiger partial charge in [-0.2, -0.15) is 0 Å². The van der Waals surface area contributed by atoms with Crippen molar-refractivity contribution in [1.82, 2.24) is 4.98 Å². The summed E-state index contributed by atoms with van der Waals surface area (Å²) in [4.78, 5) is 4.44. The van der Waals surface area contributed by atoms with Crippen molar-refractivity contribution >= 4 is 0 Å². The fraction of sp³-hybridized carbons (Fsp3) is 0.583. The van der Waals surface area contributed by atoms with Crippen molar-refractivity contribution in [3.63, 3.8) is 0 Å². The van der Waals surface area contributed by atoms with Gasteiger partial charge in [0.1, 0.15) is 0 Å². The molecule has 2 heteroatoms. The van der Waals surface area contributed by atoms with Crippen LogP contribution in [-0.4, -0.2) is 11.0 Å². The SMILES string of the molecule is Cc1cccc(CC(N)CC(C)C)n1. The maximum Gasteiger partial charge on any atom is 0.0422 e. The smallest absolute Gasteiger partial charge is 0.0422 e. The molecule has 0 radical (unpaired) electrons. The minimum atomic E-state index is 0.240. The number of aromatic nitrogens is 1. The van der Waals surface area contributed by atoms with Crippen LogP contribution in [0.2, 0.25) is 0 Å². The predicted octanol–water partition coefficient (Wildman–Crippen LogP) is 2.31. The third kappa shape index (κ3) is 3.88. The summed E-state index contributed by atoms with van der Waals surface area (Å²) >= 11 is 0. The molecule has 2 N–H and O–H groups in total. The third-order valence-electron chi connectivity index (χ3n) is 2.19. The van der Waals surface area contributed by atoms with E-state index in [1.807, 2.05) is 25.1 Å². The van der Waals surface area contributed by atoms with E-state index >= 15 is 0 Å². The quantitative estimate of drug-likeness (QED) is 0.795. The molecule has 0 aliphatic heterocycles. The zero-order valence-corrected chi connectivity index (χ0v) is 9.33. The van der Waals surface area contributed by atoms with E-state index in [1.54, 1.807) is 0 Å². The first-order valence-corrected chi connectivity index (χ1v) is 5.26. The molecule has 1 aromatic heterocycles. The standard InChI is InChI=1S/C12H20N2/c1-9(2)7-11(13)8-12-6-4-5-10(3)14-12/h4-6,9,11H,7-8,13H2,1-3H3. The van der Waals surface area contributed by atoms with Gasteiger partial charge in [0.2, 0.25) is 0 Å². The summed E-state index contributed by atoms with van der Waals surface area (Å²) in [5.74, 6) is 0.662. The molecule has 1 aromatic rings. The second-order valence-corrected chi connectivity index (χ2v) is 4.36. The van der Waals surface area contributed by atoms with Gasteiger partial charge < -0.3 is 5.73 Å². The fourth-order valence-electron chi connectivity index (χ4n) is 1.67. The number of nitrogens with two attached hydrogens (primary N) is 1. The first-order chi connectivity index (χ1) is 6.58. The van der Waals surface area contributed by atoms with E-state index in [0.29, 0.717) is 5.92 Å². The average molecular weight is 192 g/mol. The molecule has 0 saturated heterocycles. The molecule has 1 heterocycles. The van der Waals surface area contributed by atoms with E-state index in [4.69, 9.17) is 5.73 Å². The Morgan fingerprint density at radius 2 is 2.07 bits per heavy atom. The van der Waals surface area contributed by atoms with Crippen molar-refractivity contribution in [3.05, 3.63) is 29.6 Å². The van der Waals surface area contributed by atoms with Crippen LogP contribution in [0.1, 0.15) is 31.7 Å². The van der Waals surface area contributed by atoms with Crippen molar-refractivity contribution in [2.45, 2.75) is 39.7 Å². The molecule has 0 aliphatic rings.